The van der Waals surface area contributed by atoms with Crippen LogP contribution in [0.5, 0.6) is 0 Å². The van der Waals surface area contributed by atoms with E-state index in [2.05, 4.69) is 4.99 Å². The fraction of sp³-hybridized carbons (Fsp3) is 0.286. The number of allylic oxidation sites excluding steroid dienone is 1. The summed E-state index contributed by atoms with van der Waals surface area (Å²) in [4.78, 5) is 28.9. The Bertz CT molecular complexity index is 940. The number of aliphatic hydroxyl groups is 1. The average Bonchev–Trinajstić information content (AvgIpc) is 2.60. The second-order valence-electron chi connectivity index (χ2n) is 7.13. The third kappa shape index (κ3) is 3.25. The molecule has 2 aromatic rings. The first-order valence-corrected chi connectivity index (χ1v) is 8.40. The summed E-state index contributed by atoms with van der Waals surface area (Å²) in [5, 5.41) is 12.7. The average molecular weight is 351 g/mol. The fourth-order valence-corrected chi connectivity index (χ4v) is 3.36. The Morgan fingerprint density at radius 1 is 1.23 bits per heavy atom. The Kier molecular flexibility index (Phi) is 4.64. The SMILES string of the molecule is COC(=O)[C@@H]1C(O)=C(C=Nc2ccc3ccccc3c2)C(=O)CC1(C)C. The van der Waals surface area contributed by atoms with E-state index < -0.39 is 17.3 Å². The highest BCUT2D eigenvalue weighted by atomic mass is 16.5. The van der Waals surface area contributed by atoms with Gasteiger partial charge in [0.15, 0.2) is 5.78 Å². The van der Waals surface area contributed by atoms with E-state index in [1.807, 2.05) is 42.5 Å². The van der Waals surface area contributed by atoms with Crippen LogP contribution in [0.4, 0.5) is 5.69 Å². The third-order valence-electron chi connectivity index (χ3n) is 4.76. The summed E-state index contributed by atoms with van der Waals surface area (Å²) < 4.78 is 4.80. The summed E-state index contributed by atoms with van der Waals surface area (Å²) in [5.41, 5.74) is 0.0123. The molecule has 0 saturated carbocycles. The molecule has 0 saturated heterocycles. The van der Waals surface area contributed by atoms with Crippen molar-refractivity contribution in [1.29, 1.82) is 0 Å². The number of methoxy groups -OCH3 is 1. The number of carbonyl (C=O) groups is 2. The molecule has 0 aliphatic heterocycles. The van der Waals surface area contributed by atoms with Gasteiger partial charge in [0.25, 0.3) is 0 Å². The lowest BCUT2D eigenvalue weighted by atomic mass is 9.68. The predicted octanol–water partition coefficient (Wildman–Crippen LogP) is 4.14. The van der Waals surface area contributed by atoms with Gasteiger partial charge in [-0.2, -0.15) is 0 Å². The van der Waals surface area contributed by atoms with Gasteiger partial charge in [0.1, 0.15) is 11.7 Å². The van der Waals surface area contributed by atoms with Crippen molar-refractivity contribution in [2.24, 2.45) is 16.3 Å². The number of ether oxygens (including phenoxy) is 1. The lowest BCUT2D eigenvalue weighted by molar-refractivity contribution is -0.150. The van der Waals surface area contributed by atoms with Crippen molar-refractivity contribution in [3.63, 3.8) is 0 Å². The van der Waals surface area contributed by atoms with Gasteiger partial charge in [-0.05, 0) is 28.3 Å². The Morgan fingerprint density at radius 3 is 2.62 bits per heavy atom. The number of carbonyl (C=O) groups excluding carboxylic acids is 2. The molecule has 0 aromatic heterocycles. The summed E-state index contributed by atoms with van der Waals surface area (Å²) in [5.74, 6) is -1.96. The summed E-state index contributed by atoms with van der Waals surface area (Å²) in [6.07, 6.45) is 1.48. The largest absolute Gasteiger partial charge is 0.511 e. The van der Waals surface area contributed by atoms with Gasteiger partial charge in [-0.3, -0.25) is 14.6 Å². The lowest BCUT2D eigenvalue weighted by Gasteiger charge is -2.35. The number of aliphatic hydroxyl groups excluding tert-OH is 1. The van der Waals surface area contributed by atoms with E-state index in [1.165, 1.54) is 13.3 Å². The molecule has 0 spiro atoms. The lowest BCUT2D eigenvalue weighted by Crippen LogP contribution is -2.40. The van der Waals surface area contributed by atoms with Crippen LogP contribution in [0.25, 0.3) is 10.8 Å². The molecule has 2 aromatic carbocycles. The van der Waals surface area contributed by atoms with Crippen LogP contribution in [-0.2, 0) is 14.3 Å². The van der Waals surface area contributed by atoms with Crippen molar-refractivity contribution in [2.45, 2.75) is 20.3 Å². The van der Waals surface area contributed by atoms with Crippen LogP contribution in [0.2, 0.25) is 0 Å². The van der Waals surface area contributed by atoms with Crippen LogP contribution in [0.3, 0.4) is 0 Å². The number of benzene rings is 2. The molecule has 0 bridgehead atoms. The Morgan fingerprint density at radius 2 is 1.92 bits per heavy atom. The first-order valence-electron chi connectivity index (χ1n) is 8.40. The van der Waals surface area contributed by atoms with E-state index >= 15 is 0 Å². The van der Waals surface area contributed by atoms with Gasteiger partial charge in [0.05, 0.1) is 18.4 Å². The Balaban J connectivity index is 1.98. The molecule has 1 aliphatic rings. The molecular weight excluding hydrogens is 330 g/mol. The molecule has 1 aliphatic carbocycles. The van der Waals surface area contributed by atoms with Crippen molar-refractivity contribution in [3.8, 4) is 0 Å². The minimum absolute atomic E-state index is 0.0629. The van der Waals surface area contributed by atoms with E-state index in [1.54, 1.807) is 13.8 Å². The molecule has 0 unspecified atom stereocenters. The Labute approximate surface area is 152 Å². The van der Waals surface area contributed by atoms with E-state index in [0.717, 1.165) is 10.8 Å². The fourth-order valence-electron chi connectivity index (χ4n) is 3.36. The summed E-state index contributed by atoms with van der Waals surface area (Å²) in [7, 11) is 1.27. The zero-order valence-electron chi connectivity index (χ0n) is 15.0. The molecule has 26 heavy (non-hydrogen) atoms. The van der Waals surface area contributed by atoms with Crippen molar-refractivity contribution in [3.05, 3.63) is 53.8 Å². The molecule has 0 amide bonds. The molecule has 3 rings (SSSR count). The molecule has 5 heteroatoms. The second-order valence-corrected chi connectivity index (χ2v) is 7.13. The topological polar surface area (TPSA) is 76.0 Å². The monoisotopic (exact) mass is 351 g/mol. The van der Waals surface area contributed by atoms with Gasteiger partial charge in [-0.25, -0.2) is 0 Å². The second kappa shape index (κ2) is 6.75. The molecule has 1 atom stereocenters. The van der Waals surface area contributed by atoms with Gasteiger partial charge in [0.2, 0.25) is 0 Å². The summed E-state index contributed by atoms with van der Waals surface area (Å²) >= 11 is 0. The van der Waals surface area contributed by atoms with Crippen LogP contribution in [0, 0.1) is 11.3 Å². The minimum atomic E-state index is -0.886. The normalized spacial score (nSPS) is 20.0. The molecule has 0 heterocycles. The highest BCUT2D eigenvalue weighted by molar-refractivity contribution is 6.16. The number of rotatable bonds is 3. The molecule has 0 radical (unpaired) electrons. The van der Waals surface area contributed by atoms with E-state index in [-0.39, 0.29) is 23.5 Å². The number of fused-ring (bicyclic) bond motifs is 1. The predicted molar refractivity (Wildman–Crippen MR) is 101 cm³/mol. The van der Waals surface area contributed by atoms with Crippen LogP contribution in [0.15, 0.2) is 58.8 Å². The zero-order chi connectivity index (χ0) is 18.9. The molecule has 5 nitrogen and oxygen atoms in total. The van der Waals surface area contributed by atoms with Crippen LogP contribution < -0.4 is 0 Å². The number of esters is 1. The minimum Gasteiger partial charge on any atom is -0.511 e. The molecule has 134 valence electrons. The maximum absolute atomic E-state index is 12.4. The maximum atomic E-state index is 12.4. The molecular formula is C21H21NO4. The number of aliphatic imine (C=N–C) groups is 1. The highest BCUT2D eigenvalue weighted by Crippen LogP contribution is 2.41. The van der Waals surface area contributed by atoms with Crippen molar-refractivity contribution in [1.82, 2.24) is 0 Å². The van der Waals surface area contributed by atoms with Crippen LogP contribution in [0.1, 0.15) is 20.3 Å². The van der Waals surface area contributed by atoms with Crippen molar-refractivity contribution in [2.75, 3.05) is 7.11 Å². The smallest absolute Gasteiger partial charge is 0.316 e. The van der Waals surface area contributed by atoms with E-state index in [4.69, 9.17) is 4.74 Å². The number of hydrogen-bond donors (Lipinski definition) is 1. The number of Topliss-reactive ketones (excluding diaryl/α,β-unsaturated/α-hetero) is 1. The van der Waals surface area contributed by atoms with Crippen LogP contribution in [-0.4, -0.2) is 30.2 Å². The number of ketones is 1. The van der Waals surface area contributed by atoms with Crippen molar-refractivity contribution >= 4 is 34.4 Å². The first-order chi connectivity index (χ1) is 12.3. The standard InChI is InChI=1S/C21H21NO4/c1-21(2)11-17(23)16(19(24)18(21)20(25)26-3)12-22-15-9-8-13-6-4-5-7-14(13)10-15/h4-10,12,18,24H,11H2,1-3H3/t18-/m0/s1. The van der Waals surface area contributed by atoms with E-state index in [0.29, 0.717) is 5.69 Å². The van der Waals surface area contributed by atoms with Gasteiger partial charge in [-0.15, -0.1) is 0 Å². The highest BCUT2D eigenvalue weighted by Gasteiger charge is 2.46. The first kappa shape index (κ1) is 17.9. The summed E-state index contributed by atoms with van der Waals surface area (Å²) in [6, 6.07) is 13.6. The van der Waals surface area contributed by atoms with E-state index in [9.17, 15) is 14.7 Å². The quantitative estimate of drug-likeness (QED) is 0.666. The zero-order valence-corrected chi connectivity index (χ0v) is 15.0. The number of nitrogens with zero attached hydrogens (tertiary/aromatic N) is 1. The Hall–Kier alpha value is -2.95. The van der Waals surface area contributed by atoms with Gasteiger partial charge >= 0.3 is 5.97 Å². The third-order valence-corrected chi connectivity index (χ3v) is 4.76. The number of hydrogen-bond acceptors (Lipinski definition) is 5. The van der Waals surface area contributed by atoms with Gasteiger partial charge < -0.3 is 9.84 Å². The van der Waals surface area contributed by atoms with Crippen LogP contribution >= 0.6 is 0 Å². The molecule has 1 N–H and O–H groups in total. The van der Waals surface area contributed by atoms with Gasteiger partial charge in [-0.1, -0.05) is 44.2 Å². The van der Waals surface area contributed by atoms with Crippen molar-refractivity contribution < 1.29 is 19.4 Å². The summed E-state index contributed by atoms with van der Waals surface area (Å²) in [6.45, 7) is 3.53. The maximum Gasteiger partial charge on any atom is 0.316 e. The molecule has 0 fully saturated rings. The van der Waals surface area contributed by atoms with Gasteiger partial charge in [0, 0.05) is 12.6 Å².